The van der Waals surface area contributed by atoms with Crippen molar-refractivity contribution in [1.82, 2.24) is 0 Å². The van der Waals surface area contributed by atoms with E-state index < -0.39 is 0 Å². The predicted molar refractivity (Wildman–Crippen MR) is 72.3 cm³/mol. The molecule has 0 nitrogen and oxygen atoms in total. The number of hydrogen-bond acceptors (Lipinski definition) is 0. The molecule has 0 unspecified atom stereocenters. The Hall–Kier alpha value is -0.780. The molecule has 1 aromatic carbocycles. The second kappa shape index (κ2) is 13.2. The monoisotopic (exact) mass is 208 g/mol. The van der Waals surface area contributed by atoms with Crippen molar-refractivity contribution in [3.63, 3.8) is 0 Å². The van der Waals surface area contributed by atoms with Gasteiger partial charge in [-0.05, 0) is 12.8 Å². The molecule has 0 bridgehead atoms. The summed E-state index contributed by atoms with van der Waals surface area (Å²) in [5.41, 5.74) is 1.32. The lowest BCUT2D eigenvalue weighted by atomic mass is 10.1. The van der Waals surface area contributed by atoms with Crippen LogP contribution in [0.1, 0.15) is 53.0 Å². The Bertz CT molecular complexity index is 186. The quantitative estimate of drug-likeness (QED) is 0.605. The van der Waals surface area contributed by atoms with Gasteiger partial charge in [0.05, 0.1) is 0 Å². The van der Waals surface area contributed by atoms with Crippen LogP contribution in [0.25, 0.3) is 0 Å². The largest absolute Gasteiger partial charge is 0.0683 e. The minimum Gasteiger partial charge on any atom is -0.0683 e. The summed E-state index contributed by atoms with van der Waals surface area (Å²) in [7, 11) is 0. The van der Waals surface area contributed by atoms with E-state index in [0.717, 1.165) is 5.92 Å². The maximum atomic E-state index is 2.25. The first-order valence-electron chi connectivity index (χ1n) is 6.18. The standard InChI is InChI=1S/C7H8.C6H14.C2H6/c1-7-5-3-2-4-6-7;1-4-5-6(2)3;1-2/h2-6H,1H3;6H,4-5H2,1-3H3;1-2H3. The van der Waals surface area contributed by atoms with Gasteiger partial charge in [-0.15, -0.1) is 0 Å². The van der Waals surface area contributed by atoms with E-state index in [1.807, 2.05) is 32.0 Å². The molecule has 88 valence electrons. The molecule has 0 atom stereocenters. The molecule has 0 saturated carbocycles. The van der Waals surface area contributed by atoms with E-state index in [2.05, 4.69) is 39.8 Å². The first kappa shape index (κ1) is 16.6. The molecule has 0 heterocycles. The molecule has 0 aromatic heterocycles. The third-order valence-electron chi connectivity index (χ3n) is 1.81. The topological polar surface area (TPSA) is 0 Å². The van der Waals surface area contributed by atoms with Gasteiger partial charge in [0, 0.05) is 0 Å². The van der Waals surface area contributed by atoms with Crippen molar-refractivity contribution in [1.29, 1.82) is 0 Å². The van der Waals surface area contributed by atoms with E-state index in [9.17, 15) is 0 Å². The van der Waals surface area contributed by atoms with Crippen LogP contribution in [0, 0.1) is 12.8 Å². The fraction of sp³-hybridized carbons (Fsp3) is 0.600. The van der Waals surface area contributed by atoms with Gasteiger partial charge in [-0.25, -0.2) is 0 Å². The highest BCUT2D eigenvalue weighted by atomic mass is 13.9. The van der Waals surface area contributed by atoms with E-state index in [4.69, 9.17) is 0 Å². The molecular weight excluding hydrogens is 180 g/mol. The zero-order valence-corrected chi connectivity index (χ0v) is 11.4. The van der Waals surface area contributed by atoms with Crippen molar-refractivity contribution < 1.29 is 0 Å². The summed E-state index contributed by atoms with van der Waals surface area (Å²) in [6.45, 7) is 12.8. The van der Waals surface area contributed by atoms with E-state index in [1.54, 1.807) is 0 Å². The van der Waals surface area contributed by atoms with Gasteiger partial charge in [-0.2, -0.15) is 0 Å². The van der Waals surface area contributed by atoms with Crippen LogP contribution in [-0.2, 0) is 0 Å². The molecule has 1 aromatic rings. The van der Waals surface area contributed by atoms with Crippen molar-refractivity contribution in [2.45, 2.75) is 54.4 Å². The van der Waals surface area contributed by atoms with Crippen molar-refractivity contribution >= 4 is 0 Å². The number of rotatable bonds is 2. The fourth-order valence-electron chi connectivity index (χ4n) is 1.11. The lowest BCUT2D eigenvalue weighted by Crippen LogP contribution is -1.81. The first-order valence-corrected chi connectivity index (χ1v) is 6.18. The Kier molecular flexibility index (Phi) is 14.7. The van der Waals surface area contributed by atoms with Gasteiger partial charge in [0.2, 0.25) is 0 Å². The zero-order chi connectivity index (χ0) is 12.1. The summed E-state index contributed by atoms with van der Waals surface area (Å²) in [5.74, 6) is 0.898. The highest BCUT2D eigenvalue weighted by Crippen LogP contribution is 2.00. The first-order chi connectivity index (χ1) is 7.16. The minimum atomic E-state index is 0.898. The summed E-state index contributed by atoms with van der Waals surface area (Å²) in [6.07, 6.45) is 2.71. The van der Waals surface area contributed by atoms with Crippen LogP contribution < -0.4 is 0 Å². The molecule has 0 fully saturated rings. The SMILES string of the molecule is CC.CCCC(C)C.Cc1ccccc1. The van der Waals surface area contributed by atoms with Gasteiger partial charge < -0.3 is 0 Å². The number of hydrogen-bond donors (Lipinski definition) is 0. The highest BCUT2D eigenvalue weighted by molar-refractivity contribution is 5.11. The van der Waals surface area contributed by atoms with Gasteiger partial charge in [0.15, 0.2) is 0 Å². The molecule has 0 N–H and O–H groups in total. The minimum absolute atomic E-state index is 0.898. The second-order valence-corrected chi connectivity index (χ2v) is 3.84. The number of aryl methyl sites for hydroxylation is 1. The molecule has 0 saturated heterocycles. The summed E-state index contributed by atoms with van der Waals surface area (Å²) >= 11 is 0. The Balaban J connectivity index is 0. The van der Waals surface area contributed by atoms with Crippen molar-refractivity contribution in [3.8, 4) is 0 Å². The Morgan fingerprint density at radius 2 is 1.47 bits per heavy atom. The molecule has 15 heavy (non-hydrogen) atoms. The molecule has 1 rings (SSSR count). The summed E-state index contributed by atoms with van der Waals surface area (Å²) in [4.78, 5) is 0. The summed E-state index contributed by atoms with van der Waals surface area (Å²) in [6, 6.07) is 10.3. The molecular formula is C15H28. The van der Waals surface area contributed by atoms with Gasteiger partial charge >= 0.3 is 0 Å². The van der Waals surface area contributed by atoms with Crippen molar-refractivity contribution in [2.75, 3.05) is 0 Å². The van der Waals surface area contributed by atoms with Gasteiger partial charge in [0.1, 0.15) is 0 Å². The fourth-order valence-corrected chi connectivity index (χ4v) is 1.11. The zero-order valence-electron chi connectivity index (χ0n) is 11.4. The molecule has 0 aliphatic carbocycles. The summed E-state index contributed by atoms with van der Waals surface area (Å²) in [5, 5.41) is 0. The van der Waals surface area contributed by atoms with Crippen LogP contribution in [0.4, 0.5) is 0 Å². The lowest BCUT2D eigenvalue weighted by Gasteiger charge is -1.95. The van der Waals surface area contributed by atoms with Crippen molar-refractivity contribution in [3.05, 3.63) is 35.9 Å². The van der Waals surface area contributed by atoms with Crippen molar-refractivity contribution in [2.24, 2.45) is 5.92 Å². The lowest BCUT2D eigenvalue weighted by molar-refractivity contribution is 0.576. The maximum absolute atomic E-state index is 2.25. The molecule has 0 spiro atoms. The highest BCUT2D eigenvalue weighted by Gasteiger charge is 1.85. The van der Waals surface area contributed by atoms with Crippen LogP contribution in [0.2, 0.25) is 0 Å². The van der Waals surface area contributed by atoms with E-state index in [1.165, 1.54) is 18.4 Å². The maximum Gasteiger partial charge on any atom is -0.0398 e. The Morgan fingerprint density at radius 1 is 1.00 bits per heavy atom. The molecule has 0 radical (unpaired) electrons. The van der Waals surface area contributed by atoms with Gasteiger partial charge in [-0.1, -0.05) is 83.4 Å². The molecule has 0 amide bonds. The average molecular weight is 208 g/mol. The third kappa shape index (κ3) is 15.9. The van der Waals surface area contributed by atoms with Crippen LogP contribution >= 0.6 is 0 Å². The van der Waals surface area contributed by atoms with Crippen LogP contribution in [0.5, 0.6) is 0 Å². The molecule has 0 heteroatoms. The Morgan fingerprint density at radius 3 is 1.60 bits per heavy atom. The number of benzene rings is 1. The average Bonchev–Trinajstić information content (AvgIpc) is 2.22. The Labute approximate surface area is 96.7 Å². The van der Waals surface area contributed by atoms with Crippen LogP contribution in [0.15, 0.2) is 30.3 Å². The van der Waals surface area contributed by atoms with Gasteiger partial charge in [0.25, 0.3) is 0 Å². The van der Waals surface area contributed by atoms with Crippen LogP contribution in [0.3, 0.4) is 0 Å². The molecule has 0 aliphatic rings. The van der Waals surface area contributed by atoms with E-state index >= 15 is 0 Å². The van der Waals surface area contributed by atoms with E-state index in [0.29, 0.717) is 0 Å². The molecule has 0 aliphatic heterocycles. The van der Waals surface area contributed by atoms with Gasteiger partial charge in [-0.3, -0.25) is 0 Å². The van der Waals surface area contributed by atoms with Crippen LogP contribution in [-0.4, -0.2) is 0 Å². The summed E-state index contributed by atoms with van der Waals surface area (Å²) < 4.78 is 0. The normalized spacial score (nSPS) is 8.47. The smallest absolute Gasteiger partial charge is 0.0398 e. The van der Waals surface area contributed by atoms with E-state index in [-0.39, 0.29) is 0 Å². The third-order valence-corrected chi connectivity index (χ3v) is 1.81. The second-order valence-electron chi connectivity index (χ2n) is 3.84. The predicted octanol–water partition coefficient (Wildman–Crippen LogP) is 5.46.